The third kappa shape index (κ3) is 6.13. The molecule has 0 aromatic heterocycles. The van der Waals surface area contributed by atoms with Crippen LogP contribution < -0.4 is 9.64 Å². The van der Waals surface area contributed by atoms with Crippen LogP contribution in [0.4, 0.5) is 15.8 Å². The summed E-state index contributed by atoms with van der Waals surface area (Å²) >= 11 is 1.41. The van der Waals surface area contributed by atoms with Crippen LogP contribution in [0.25, 0.3) is 0 Å². The third-order valence-corrected chi connectivity index (χ3v) is 9.68. The molecule has 0 radical (unpaired) electrons. The molecule has 0 saturated heterocycles. The van der Waals surface area contributed by atoms with Crippen molar-refractivity contribution < 1.29 is 27.8 Å². The summed E-state index contributed by atoms with van der Waals surface area (Å²) in [6.07, 6.45) is 5.58. The molecule has 1 heterocycles. The number of unbranched alkanes of at least 4 members (excludes halogenated alkanes) is 1. The van der Waals surface area contributed by atoms with Crippen LogP contribution in [0.15, 0.2) is 52.3 Å². The zero-order valence-electron chi connectivity index (χ0n) is 21.8. The van der Waals surface area contributed by atoms with Gasteiger partial charge in [0.25, 0.3) is 0 Å². The van der Waals surface area contributed by atoms with Crippen LogP contribution in [0.1, 0.15) is 46.5 Å². The molecule has 9 heteroatoms. The zero-order chi connectivity index (χ0) is 26.6. The van der Waals surface area contributed by atoms with Gasteiger partial charge in [0.15, 0.2) is 0 Å². The fraction of sp³-hybridized carbons (Fsp3) is 0.519. The monoisotopic (exact) mass is 539 g/mol. The highest BCUT2D eigenvalue weighted by atomic mass is 32.3. The highest BCUT2D eigenvalue weighted by Gasteiger charge is 2.42. The number of thioether (sulfide) groups is 1. The van der Waals surface area contributed by atoms with Crippen LogP contribution in [0.2, 0.25) is 0 Å². The van der Waals surface area contributed by atoms with Crippen LogP contribution in [-0.2, 0) is 9.53 Å². The number of fused-ring (bicyclic) bond motifs is 1. The summed E-state index contributed by atoms with van der Waals surface area (Å²) in [5.41, 5.74) is -0.964. The molecule has 2 unspecified atom stereocenters. The van der Waals surface area contributed by atoms with Gasteiger partial charge in [0, 0.05) is 29.5 Å². The number of carbonyl (C=O) groups is 1. The van der Waals surface area contributed by atoms with E-state index in [2.05, 4.69) is 23.5 Å². The van der Waals surface area contributed by atoms with E-state index in [9.17, 15) is 18.3 Å². The number of hydrogen-bond donors (Lipinski definition) is 2. The number of para-hydroxylation sites is 1. The van der Waals surface area contributed by atoms with Crippen molar-refractivity contribution >= 4 is 39.7 Å². The molecule has 0 fully saturated rings. The SMILES string of the molecule is CCCCC1(CC)CN(c2ccccc2)c2cc(SC)c(OCC(C)(F)C(=O)OC)cc2S(O)(O)C1. The maximum absolute atomic E-state index is 14.8. The largest absolute Gasteiger partial charge is 0.488 e. The summed E-state index contributed by atoms with van der Waals surface area (Å²) < 4.78 is 48.3. The Bertz CT molecular complexity index is 1050. The molecular weight excluding hydrogens is 501 g/mol. The lowest BCUT2D eigenvalue weighted by atomic mass is 9.81. The minimum Gasteiger partial charge on any atom is -0.488 e. The van der Waals surface area contributed by atoms with Crippen LogP contribution in [0.3, 0.4) is 0 Å². The van der Waals surface area contributed by atoms with Gasteiger partial charge in [-0.1, -0.05) is 44.9 Å². The number of nitrogens with zero attached hydrogens (tertiary/aromatic N) is 1. The second-order valence-electron chi connectivity index (χ2n) is 9.64. The molecule has 2 aromatic carbocycles. The molecule has 3 rings (SSSR count). The van der Waals surface area contributed by atoms with Gasteiger partial charge >= 0.3 is 5.97 Å². The number of ether oxygens (including phenoxy) is 2. The molecule has 2 atom stereocenters. The molecule has 2 N–H and O–H groups in total. The predicted octanol–water partition coefficient (Wildman–Crippen LogP) is 7.54. The van der Waals surface area contributed by atoms with Crippen molar-refractivity contribution in [3.63, 3.8) is 0 Å². The summed E-state index contributed by atoms with van der Waals surface area (Å²) in [5.74, 6) is -0.473. The van der Waals surface area contributed by atoms with Gasteiger partial charge < -0.3 is 14.4 Å². The normalized spacial score (nSPS) is 21.6. The lowest BCUT2D eigenvalue weighted by Crippen LogP contribution is -2.37. The van der Waals surface area contributed by atoms with Crippen molar-refractivity contribution in [2.75, 3.05) is 37.2 Å². The highest BCUT2D eigenvalue weighted by Crippen LogP contribution is 2.62. The molecular formula is C27H38FNO5S2. The molecule has 6 nitrogen and oxygen atoms in total. The Morgan fingerprint density at radius 2 is 1.94 bits per heavy atom. The topological polar surface area (TPSA) is 79.2 Å². The van der Waals surface area contributed by atoms with Gasteiger partial charge in [-0.2, -0.15) is 10.6 Å². The summed E-state index contributed by atoms with van der Waals surface area (Å²) in [4.78, 5) is 15.1. The maximum Gasteiger partial charge on any atom is 0.346 e. The number of hydrogen-bond acceptors (Lipinski definition) is 7. The number of alkyl halides is 1. The highest BCUT2D eigenvalue weighted by molar-refractivity contribution is 8.24. The fourth-order valence-corrected chi connectivity index (χ4v) is 7.46. The van der Waals surface area contributed by atoms with Crippen molar-refractivity contribution in [2.24, 2.45) is 5.41 Å². The number of esters is 1. The lowest BCUT2D eigenvalue weighted by Gasteiger charge is -2.41. The van der Waals surface area contributed by atoms with Gasteiger partial charge in [-0.05, 0) is 44.2 Å². The van der Waals surface area contributed by atoms with E-state index in [0.29, 0.717) is 27.8 Å². The van der Waals surface area contributed by atoms with Crippen molar-refractivity contribution in [1.29, 1.82) is 0 Å². The molecule has 36 heavy (non-hydrogen) atoms. The number of halogens is 1. The van der Waals surface area contributed by atoms with Gasteiger partial charge in [-0.3, -0.25) is 9.11 Å². The molecule has 1 aliphatic rings. The summed E-state index contributed by atoms with van der Waals surface area (Å²) in [6, 6.07) is 13.4. The number of carbonyl (C=O) groups excluding carboxylic acids is 1. The van der Waals surface area contributed by atoms with Gasteiger partial charge in [-0.25, -0.2) is 9.18 Å². The first-order valence-electron chi connectivity index (χ1n) is 12.2. The van der Waals surface area contributed by atoms with Gasteiger partial charge in [0.05, 0.1) is 22.6 Å². The standard InChI is InChI=1S/C27H38FNO5S2/c1-6-8-14-27(7-2)17-29(20-12-10-9-11-13-20)21-15-23(35-5)22(16-24(21)36(31,32)19-27)34-18-26(3,28)25(30)33-4/h9-13,15-16,31-32H,6-8,14,17-19H2,1-5H3. The first-order chi connectivity index (χ1) is 17.0. The van der Waals surface area contributed by atoms with Crippen molar-refractivity contribution in [3.05, 3.63) is 42.5 Å². The van der Waals surface area contributed by atoms with E-state index in [1.54, 1.807) is 6.07 Å². The minimum absolute atomic E-state index is 0.244. The Kier molecular flexibility index (Phi) is 9.25. The van der Waals surface area contributed by atoms with Gasteiger partial charge in [-0.15, -0.1) is 11.8 Å². The number of benzene rings is 2. The van der Waals surface area contributed by atoms with E-state index >= 15 is 0 Å². The Balaban J connectivity index is 2.15. The fourth-order valence-electron chi connectivity index (χ4n) is 4.66. The smallest absolute Gasteiger partial charge is 0.346 e. The summed E-state index contributed by atoms with van der Waals surface area (Å²) in [6.45, 7) is 5.46. The van der Waals surface area contributed by atoms with Gasteiger partial charge in [0.2, 0.25) is 5.67 Å². The molecule has 2 aromatic rings. The maximum atomic E-state index is 14.8. The summed E-state index contributed by atoms with van der Waals surface area (Å²) in [5, 5.41) is 0. The molecule has 0 amide bonds. The molecule has 0 bridgehead atoms. The van der Waals surface area contributed by atoms with Crippen molar-refractivity contribution in [2.45, 2.75) is 61.9 Å². The first kappa shape index (κ1) is 28.6. The Hall–Kier alpha value is -1.94. The Morgan fingerprint density at radius 3 is 2.53 bits per heavy atom. The average molecular weight is 540 g/mol. The zero-order valence-corrected chi connectivity index (χ0v) is 23.4. The number of anilines is 2. The Morgan fingerprint density at radius 1 is 1.25 bits per heavy atom. The third-order valence-electron chi connectivity index (χ3n) is 6.88. The van der Waals surface area contributed by atoms with Gasteiger partial charge in [0.1, 0.15) is 12.4 Å². The van der Waals surface area contributed by atoms with E-state index in [-0.39, 0.29) is 11.2 Å². The van der Waals surface area contributed by atoms with E-state index < -0.39 is 28.8 Å². The first-order valence-corrected chi connectivity index (χ1v) is 15.2. The number of methoxy groups -OCH3 is 1. The second-order valence-corrected chi connectivity index (χ2v) is 12.5. The van der Waals surface area contributed by atoms with Crippen LogP contribution in [0.5, 0.6) is 5.75 Å². The Labute approximate surface area is 219 Å². The van der Waals surface area contributed by atoms with Crippen LogP contribution in [0, 0.1) is 5.41 Å². The van der Waals surface area contributed by atoms with E-state index in [1.807, 2.05) is 42.7 Å². The van der Waals surface area contributed by atoms with E-state index in [4.69, 9.17) is 4.74 Å². The molecule has 0 spiro atoms. The quantitative estimate of drug-likeness (QED) is 0.238. The molecule has 1 aliphatic heterocycles. The summed E-state index contributed by atoms with van der Waals surface area (Å²) in [7, 11) is -2.08. The van der Waals surface area contributed by atoms with Crippen molar-refractivity contribution in [1.82, 2.24) is 0 Å². The second kappa shape index (κ2) is 11.6. The average Bonchev–Trinajstić information content (AvgIpc) is 2.97. The van der Waals surface area contributed by atoms with E-state index in [0.717, 1.165) is 45.4 Å². The predicted molar refractivity (Wildman–Crippen MR) is 147 cm³/mol. The van der Waals surface area contributed by atoms with Crippen LogP contribution >= 0.6 is 22.4 Å². The lowest BCUT2D eigenvalue weighted by molar-refractivity contribution is -0.155. The number of rotatable bonds is 10. The molecule has 200 valence electrons. The molecule has 0 saturated carbocycles. The van der Waals surface area contributed by atoms with E-state index in [1.165, 1.54) is 11.8 Å². The molecule has 0 aliphatic carbocycles. The van der Waals surface area contributed by atoms with Crippen LogP contribution in [-0.4, -0.2) is 53.0 Å². The van der Waals surface area contributed by atoms with Crippen molar-refractivity contribution in [3.8, 4) is 5.75 Å². The minimum atomic E-state index is -3.21.